The number of fused-ring (bicyclic) bond motifs is 1. The molecule has 10 heavy (non-hydrogen) atoms. The molecule has 0 aliphatic carbocycles. The van der Waals surface area contributed by atoms with Gasteiger partial charge in [-0.3, -0.25) is 0 Å². The van der Waals surface area contributed by atoms with Crippen LogP contribution in [-0.4, -0.2) is 19.8 Å². The summed E-state index contributed by atoms with van der Waals surface area (Å²) < 4.78 is 10.7. The van der Waals surface area contributed by atoms with Gasteiger partial charge >= 0.3 is 0 Å². The molecule has 0 amide bonds. The topological polar surface area (TPSA) is 18.5 Å². The van der Waals surface area contributed by atoms with Gasteiger partial charge in [-0.25, -0.2) is 0 Å². The Bertz CT molecular complexity index is 142. The lowest BCUT2D eigenvalue weighted by molar-refractivity contribution is 0.00476. The van der Waals surface area contributed by atoms with E-state index in [9.17, 15) is 0 Å². The fraction of sp³-hybridized carbons (Fsp3) is 0.625. The molecule has 1 unspecified atom stereocenters. The quantitative estimate of drug-likeness (QED) is 0.468. The molecule has 1 fully saturated rings. The summed E-state index contributed by atoms with van der Waals surface area (Å²) in [5.74, 6) is 0.447. The maximum atomic E-state index is 5.43. The predicted octanol–water partition coefficient (Wildman–Crippen LogP) is 1.14. The van der Waals surface area contributed by atoms with Crippen molar-refractivity contribution >= 4 is 0 Å². The van der Waals surface area contributed by atoms with E-state index in [0.29, 0.717) is 5.92 Å². The van der Waals surface area contributed by atoms with E-state index in [-0.39, 0.29) is 0 Å². The summed E-state index contributed by atoms with van der Waals surface area (Å²) in [4.78, 5) is 0. The van der Waals surface area contributed by atoms with Gasteiger partial charge in [-0.1, -0.05) is 12.2 Å². The summed E-state index contributed by atoms with van der Waals surface area (Å²) in [5, 5.41) is 0. The van der Waals surface area contributed by atoms with Crippen LogP contribution >= 0.6 is 0 Å². The molecule has 2 nitrogen and oxygen atoms in total. The van der Waals surface area contributed by atoms with Crippen molar-refractivity contribution in [1.82, 2.24) is 0 Å². The standard InChI is InChI=1S/C8H11O2/c1-2-7-6-9-5-3-8(7)10-4-1/h1-2,7H,3-6H2. The summed E-state index contributed by atoms with van der Waals surface area (Å²) >= 11 is 0. The Balaban J connectivity index is 2.03. The lowest BCUT2D eigenvalue weighted by atomic mass is 9.96. The van der Waals surface area contributed by atoms with E-state index >= 15 is 0 Å². The van der Waals surface area contributed by atoms with Crippen LogP contribution in [0.25, 0.3) is 0 Å². The Labute approximate surface area is 60.8 Å². The zero-order chi connectivity index (χ0) is 6.81. The molecule has 0 spiro atoms. The molecule has 2 heteroatoms. The summed E-state index contributed by atoms with van der Waals surface area (Å²) in [6, 6.07) is 0. The molecule has 2 heterocycles. The van der Waals surface area contributed by atoms with Crippen LogP contribution < -0.4 is 0 Å². The van der Waals surface area contributed by atoms with Gasteiger partial charge in [0.1, 0.15) is 6.10 Å². The van der Waals surface area contributed by atoms with Crippen molar-refractivity contribution < 1.29 is 9.47 Å². The van der Waals surface area contributed by atoms with Gasteiger partial charge in [0.25, 0.3) is 0 Å². The van der Waals surface area contributed by atoms with Crippen LogP contribution in [0.4, 0.5) is 0 Å². The molecule has 2 aliphatic heterocycles. The van der Waals surface area contributed by atoms with Gasteiger partial charge in [0.2, 0.25) is 0 Å². The first kappa shape index (κ1) is 6.38. The van der Waals surface area contributed by atoms with Crippen molar-refractivity contribution in [2.45, 2.75) is 6.42 Å². The number of hydrogen-bond donors (Lipinski definition) is 0. The third-order valence-corrected chi connectivity index (χ3v) is 1.94. The minimum atomic E-state index is 0.447. The minimum absolute atomic E-state index is 0.447. The maximum Gasteiger partial charge on any atom is 0.109 e. The zero-order valence-electron chi connectivity index (χ0n) is 5.88. The van der Waals surface area contributed by atoms with E-state index in [0.717, 1.165) is 26.2 Å². The summed E-state index contributed by atoms with van der Waals surface area (Å²) in [7, 11) is 0. The summed E-state index contributed by atoms with van der Waals surface area (Å²) in [5.41, 5.74) is 0. The van der Waals surface area contributed by atoms with Crippen molar-refractivity contribution in [1.29, 1.82) is 0 Å². The Hall–Kier alpha value is -0.340. The fourth-order valence-electron chi connectivity index (χ4n) is 1.38. The molecule has 0 N–H and O–H groups in total. The number of rotatable bonds is 0. The smallest absolute Gasteiger partial charge is 0.109 e. The van der Waals surface area contributed by atoms with Gasteiger partial charge in [-0.05, 0) is 0 Å². The van der Waals surface area contributed by atoms with Crippen LogP contribution in [0.5, 0.6) is 0 Å². The maximum absolute atomic E-state index is 5.43. The Kier molecular flexibility index (Phi) is 1.74. The lowest BCUT2D eigenvalue weighted by Gasteiger charge is -2.30. The molecule has 55 valence electrons. The third kappa shape index (κ3) is 1.09. The van der Waals surface area contributed by atoms with E-state index < -0.39 is 0 Å². The van der Waals surface area contributed by atoms with Crippen LogP contribution in [-0.2, 0) is 9.47 Å². The minimum Gasteiger partial charge on any atom is -0.381 e. The van der Waals surface area contributed by atoms with E-state index in [1.54, 1.807) is 0 Å². The molecule has 1 saturated heterocycles. The van der Waals surface area contributed by atoms with Crippen LogP contribution in [0.3, 0.4) is 0 Å². The zero-order valence-corrected chi connectivity index (χ0v) is 5.88. The molecule has 0 saturated carbocycles. The number of ether oxygens (including phenoxy) is 2. The first-order valence-corrected chi connectivity index (χ1v) is 3.70. The Morgan fingerprint density at radius 1 is 1.50 bits per heavy atom. The van der Waals surface area contributed by atoms with E-state index in [4.69, 9.17) is 9.47 Å². The summed E-state index contributed by atoms with van der Waals surface area (Å²) in [6.45, 7) is 2.40. The Morgan fingerprint density at radius 3 is 3.40 bits per heavy atom. The molecule has 0 aromatic carbocycles. The SMILES string of the molecule is C1=CC2COCC[C]2OC1. The van der Waals surface area contributed by atoms with Crippen molar-refractivity contribution in [2.75, 3.05) is 19.8 Å². The molecule has 0 aromatic heterocycles. The largest absolute Gasteiger partial charge is 0.381 e. The molecular weight excluding hydrogens is 128 g/mol. The highest BCUT2D eigenvalue weighted by Gasteiger charge is 2.26. The highest BCUT2D eigenvalue weighted by Crippen LogP contribution is 2.28. The van der Waals surface area contributed by atoms with Crippen molar-refractivity contribution in [3.05, 3.63) is 18.3 Å². The van der Waals surface area contributed by atoms with Gasteiger partial charge in [-0.2, -0.15) is 0 Å². The molecular formula is C8H11O2. The lowest BCUT2D eigenvalue weighted by Crippen LogP contribution is -2.28. The van der Waals surface area contributed by atoms with Crippen LogP contribution in [0.2, 0.25) is 0 Å². The van der Waals surface area contributed by atoms with Crippen LogP contribution in [0.15, 0.2) is 12.2 Å². The first-order valence-electron chi connectivity index (χ1n) is 3.70. The van der Waals surface area contributed by atoms with Gasteiger partial charge in [0.05, 0.1) is 13.2 Å². The summed E-state index contributed by atoms with van der Waals surface area (Å²) in [6.07, 6.45) is 6.43. The highest BCUT2D eigenvalue weighted by atomic mass is 16.5. The molecule has 1 radical (unpaired) electrons. The van der Waals surface area contributed by atoms with E-state index in [2.05, 4.69) is 12.2 Å². The Morgan fingerprint density at radius 2 is 2.50 bits per heavy atom. The first-order chi connectivity index (χ1) is 4.97. The van der Waals surface area contributed by atoms with E-state index in [1.165, 1.54) is 6.10 Å². The van der Waals surface area contributed by atoms with Gasteiger partial charge in [0.15, 0.2) is 0 Å². The normalized spacial score (nSPS) is 33.8. The van der Waals surface area contributed by atoms with Gasteiger partial charge in [-0.15, -0.1) is 0 Å². The molecule has 2 rings (SSSR count). The molecule has 0 aromatic rings. The van der Waals surface area contributed by atoms with Crippen molar-refractivity contribution in [2.24, 2.45) is 5.92 Å². The molecule has 1 atom stereocenters. The van der Waals surface area contributed by atoms with Gasteiger partial charge in [0, 0.05) is 18.9 Å². The van der Waals surface area contributed by atoms with Crippen molar-refractivity contribution in [3.8, 4) is 0 Å². The second-order valence-corrected chi connectivity index (χ2v) is 2.64. The number of hydrogen-bond acceptors (Lipinski definition) is 2. The molecule has 2 aliphatic rings. The highest BCUT2D eigenvalue weighted by molar-refractivity contribution is 5.06. The second-order valence-electron chi connectivity index (χ2n) is 2.64. The molecule has 0 bridgehead atoms. The average molecular weight is 139 g/mol. The second kappa shape index (κ2) is 2.72. The third-order valence-electron chi connectivity index (χ3n) is 1.94. The van der Waals surface area contributed by atoms with Crippen LogP contribution in [0.1, 0.15) is 6.42 Å². The van der Waals surface area contributed by atoms with E-state index in [1.807, 2.05) is 0 Å². The van der Waals surface area contributed by atoms with Gasteiger partial charge < -0.3 is 9.47 Å². The van der Waals surface area contributed by atoms with Crippen LogP contribution in [0, 0.1) is 12.0 Å². The monoisotopic (exact) mass is 139 g/mol. The fourth-order valence-corrected chi connectivity index (χ4v) is 1.38. The van der Waals surface area contributed by atoms with Crippen molar-refractivity contribution in [3.63, 3.8) is 0 Å². The predicted molar refractivity (Wildman–Crippen MR) is 37.3 cm³/mol. The average Bonchev–Trinajstić information content (AvgIpc) is 2.05.